The number of carboxylic acids is 1. The molecule has 0 spiro atoms. The summed E-state index contributed by atoms with van der Waals surface area (Å²) in [5.74, 6) is -14.4. The summed E-state index contributed by atoms with van der Waals surface area (Å²) in [5, 5.41) is 59.8. The first kappa shape index (κ1) is 75.4. The van der Waals surface area contributed by atoms with Gasteiger partial charge in [-0.3, -0.25) is 57.5 Å². The van der Waals surface area contributed by atoms with Crippen LogP contribution in [-0.4, -0.2) is 222 Å². The smallest absolute Gasteiger partial charge is 0.327 e. The molecule has 92 heavy (non-hydrogen) atoms. The van der Waals surface area contributed by atoms with Crippen molar-refractivity contribution in [3.8, 4) is 5.75 Å². The van der Waals surface area contributed by atoms with Gasteiger partial charge in [-0.2, -0.15) is 0 Å². The first-order valence-corrected chi connectivity index (χ1v) is 35.3. The number of carbonyl (C=O) groups excluding carboxylic acids is 12. The lowest BCUT2D eigenvalue weighted by molar-refractivity contribution is -0.142. The number of H-pyrrole nitrogens is 1. The molecule has 3 fully saturated rings. The molecule has 3 aliphatic heterocycles. The highest BCUT2D eigenvalue weighted by Gasteiger charge is 2.42. The van der Waals surface area contributed by atoms with E-state index in [1.54, 1.807) is 27.7 Å². The zero-order valence-electron chi connectivity index (χ0n) is 51.7. The fourth-order valence-corrected chi connectivity index (χ4v) is 14.5. The molecule has 17 N–H and O–H groups in total. The number of amides is 12. The number of aliphatic hydroxyl groups is 1. The number of aliphatic hydroxyl groups excluding tert-OH is 1. The Morgan fingerprint density at radius 2 is 1.18 bits per heavy atom. The molecule has 4 heterocycles. The molecule has 1 aromatic heterocycles. The van der Waals surface area contributed by atoms with Crippen LogP contribution in [-0.2, 0) is 75.2 Å². The fraction of sp³-hybridized carbons (Fsp3) is 0.614. The van der Waals surface area contributed by atoms with E-state index in [1.165, 1.54) is 41.7 Å². The Hall–Kier alpha value is -7.34. The Bertz CT molecular complexity index is 2900. The number of aliphatic carboxylic acids is 1. The summed E-state index contributed by atoms with van der Waals surface area (Å²) in [6, 6.07) is -12.0. The average molecular weight is 1360 g/mol. The highest BCUT2D eigenvalue weighted by Crippen LogP contribution is 2.27. The largest absolute Gasteiger partial charge is 0.508 e. The number of hydrogen-bond donors (Lipinski definition) is 16. The van der Waals surface area contributed by atoms with E-state index in [0.717, 1.165) is 43.2 Å². The Morgan fingerprint density at radius 3 is 1.78 bits per heavy atom. The van der Waals surface area contributed by atoms with Crippen molar-refractivity contribution in [3.05, 3.63) is 48.0 Å². The summed E-state index contributed by atoms with van der Waals surface area (Å²) >= 11 is 0. The molecule has 3 saturated heterocycles. The standard InChI is InChI=1S/C57H85N15O16S4/c1-6-10-12-35-48(78)65-36(19-30-14-16-32(74)17-15-30)49(79)70-42(57(87)88)27-92-91-25-40-52(82)67-38(23-73)50(80)66-37(20-31-22-59-28-60-31)56(86)72-18-11-13-43(72)54(84)62-33(8-3)47(77)68-41(26-90-89-24-39(51(81)69-40)61-44(75)21-58)53(83)71-45(29(5)7-2)55(85)63-34(9-4)46(76)64-35/h14-17,22,28-29,33-43,45,73-74H,6-13,18-21,23-27,58H2,1-5H3,(H,59,60)(H,61,75)(H,62,84)(H,63,85)(H,64,76)(H,65,78)(H,66,80)(H,67,82)(H,68,77)(H,69,81)(H,70,79)(H,71,83)(H,87,88)/t29-,33+,34+,35+,36+,37+,38+,39+,40+,41+,42+,43+,45+/m1/s1. The van der Waals surface area contributed by atoms with E-state index in [-0.39, 0.29) is 62.3 Å². The number of carboxylic acid groups (broad SMARTS) is 1. The lowest BCUT2D eigenvalue weighted by Gasteiger charge is -2.31. The van der Waals surface area contributed by atoms with Crippen LogP contribution in [0.2, 0.25) is 0 Å². The van der Waals surface area contributed by atoms with Crippen LogP contribution in [0.5, 0.6) is 5.75 Å². The van der Waals surface area contributed by atoms with Crippen LogP contribution < -0.4 is 64.2 Å². The number of unbranched alkanes of at least 4 members (excludes halogenated alkanes) is 1. The molecule has 3 aliphatic rings. The molecule has 2 aromatic rings. The maximum absolute atomic E-state index is 14.7. The van der Waals surface area contributed by atoms with Crippen molar-refractivity contribution in [1.82, 2.24) is 73.4 Å². The molecule has 12 amide bonds. The molecule has 31 nitrogen and oxygen atoms in total. The molecular weight excluding hydrogens is 1280 g/mol. The highest BCUT2D eigenvalue weighted by molar-refractivity contribution is 8.77. The van der Waals surface area contributed by atoms with E-state index in [4.69, 9.17) is 5.73 Å². The Morgan fingerprint density at radius 1 is 0.641 bits per heavy atom. The third-order valence-corrected chi connectivity index (χ3v) is 20.3. The second-order valence-corrected chi connectivity index (χ2v) is 27.3. The van der Waals surface area contributed by atoms with Gasteiger partial charge in [-0.05, 0) is 55.7 Å². The third kappa shape index (κ3) is 22.7. The molecule has 2 bridgehead atoms. The van der Waals surface area contributed by atoms with Gasteiger partial charge in [0.15, 0.2) is 0 Å². The fourth-order valence-electron chi connectivity index (χ4n) is 9.81. The summed E-state index contributed by atoms with van der Waals surface area (Å²) in [4.78, 5) is 193. The van der Waals surface area contributed by atoms with Gasteiger partial charge in [-0.25, -0.2) is 9.78 Å². The number of phenols is 1. The zero-order chi connectivity index (χ0) is 67.6. The molecule has 0 unspecified atom stereocenters. The molecule has 508 valence electrons. The number of rotatable bonds is 15. The molecular formula is C57H85N15O16S4. The van der Waals surface area contributed by atoms with E-state index < -0.39 is 180 Å². The van der Waals surface area contributed by atoms with Crippen LogP contribution in [0.1, 0.15) is 97.2 Å². The number of phenolic OH excluding ortho intramolecular Hbond substituents is 1. The monoisotopic (exact) mass is 1360 g/mol. The summed E-state index contributed by atoms with van der Waals surface area (Å²) < 4.78 is 0. The van der Waals surface area contributed by atoms with Crippen LogP contribution >= 0.6 is 43.2 Å². The van der Waals surface area contributed by atoms with Crippen molar-refractivity contribution >= 4 is 120 Å². The van der Waals surface area contributed by atoms with Crippen LogP contribution in [0, 0.1) is 5.92 Å². The first-order chi connectivity index (χ1) is 43.9. The molecule has 0 aliphatic carbocycles. The number of carbonyl (C=O) groups is 13. The summed E-state index contributed by atoms with van der Waals surface area (Å²) in [6.45, 7) is 6.81. The van der Waals surface area contributed by atoms with Gasteiger partial charge in [-0.15, -0.1) is 0 Å². The van der Waals surface area contributed by atoms with E-state index >= 15 is 0 Å². The first-order valence-electron chi connectivity index (χ1n) is 30.4. The Labute approximate surface area is 547 Å². The predicted octanol–water partition coefficient (Wildman–Crippen LogP) is -2.89. The number of nitrogens with zero attached hydrogens (tertiary/aromatic N) is 2. The van der Waals surface area contributed by atoms with E-state index in [2.05, 4.69) is 68.5 Å². The number of imidazole rings is 1. The third-order valence-electron chi connectivity index (χ3n) is 15.4. The summed E-state index contributed by atoms with van der Waals surface area (Å²) in [7, 11) is 3.52. The maximum Gasteiger partial charge on any atom is 0.327 e. The van der Waals surface area contributed by atoms with Crippen LogP contribution in [0.25, 0.3) is 0 Å². The lowest BCUT2D eigenvalue weighted by atomic mass is 9.97. The van der Waals surface area contributed by atoms with Gasteiger partial charge in [0.25, 0.3) is 0 Å². The number of nitrogens with one attached hydrogen (secondary N) is 12. The SMILES string of the molecule is CCCC[C@@H]1NC(=O)[C@H](CC)NC(=O)[C@H]([C@H](C)CC)NC(=O)[C@@H]2CSSC[C@H](NC(=O)CN)C(=O)N[C@@H](CSSC[C@@H](C(=O)O)NC(=O)[C@H](Cc3ccc(O)cc3)NC1=O)C(=O)N[C@@H](CO)C(=O)N[C@@H](Cc1cnc[nH]1)C(=O)N1CCC[C@H]1C(=O)N[C@@H](CC)C(=O)N2. The zero-order valence-corrected chi connectivity index (χ0v) is 55.0. The highest BCUT2D eigenvalue weighted by atomic mass is 33.1. The normalized spacial score (nSPS) is 27.6. The molecule has 0 radical (unpaired) electrons. The van der Waals surface area contributed by atoms with Crippen molar-refractivity contribution in [2.75, 3.05) is 42.7 Å². The second kappa shape index (κ2) is 38.0. The molecule has 35 heteroatoms. The predicted molar refractivity (Wildman–Crippen MR) is 343 cm³/mol. The van der Waals surface area contributed by atoms with Crippen molar-refractivity contribution in [3.63, 3.8) is 0 Å². The Kier molecular flexibility index (Phi) is 31.1. The van der Waals surface area contributed by atoms with Gasteiger partial charge >= 0.3 is 5.97 Å². The number of fused-ring (bicyclic) bond motifs is 9. The molecule has 0 saturated carbocycles. The summed E-state index contributed by atoms with van der Waals surface area (Å²) in [5.41, 5.74) is 6.44. The number of nitrogens with two attached hydrogens (primary N) is 1. The van der Waals surface area contributed by atoms with E-state index in [1.807, 2.05) is 6.92 Å². The van der Waals surface area contributed by atoms with Crippen molar-refractivity contribution in [2.45, 2.75) is 171 Å². The van der Waals surface area contributed by atoms with E-state index in [9.17, 15) is 77.6 Å². The number of aromatic nitrogens is 2. The Balaban J connectivity index is 1.65. The summed E-state index contributed by atoms with van der Waals surface area (Å²) in [6.07, 6.45) is 3.95. The van der Waals surface area contributed by atoms with Gasteiger partial charge in [0, 0.05) is 54.3 Å². The molecule has 13 atom stereocenters. The molecule has 1 aromatic carbocycles. The van der Waals surface area contributed by atoms with Crippen LogP contribution in [0.3, 0.4) is 0 Å². The van der Waals surface area contributed by atoms with E-state index in [0.29, 0.717) is 36.9 Å². The quantitative estimate of drug-likeness (QED) is 0.0796. The second-order valence-electron chi connectivity index (χ2n) is 22.2. The van der Waals surface area contributed by atoms with Gasteiger partial charge in [0.2, 0.25) is 70.9 Å². The van der Waals surface area contributed by atoms with Crippen molar-refractivity contribution in [2.24, 2.45) is 11.7 Å². The van der Waals surface area contributed by atoms with Crippen molar-refractivity contribution in [1.29, 1.82) is 0 Å². The van der Waals surface area contributed by atoms with Gasteiger partial charge in [-0.1, -0.05) is 109 Å². The molecule has 5 rings (SSSR count). The lowest BCUT2D eigenvalue weighted by Crippen LogP contribution is -2.61. The number of aromatic hydroxyl groups is 1. The topological polar surface area (TPSA) is 473 Å². The maximum atomic E-state index is 14.7. The number of aromatic amines is 1. The number of benzene rings is 1. The minimum Gasteiger partial charge on any atom is -0.508 e. The van der Waals surface area contributed by atoms with Gasteiger partial charge in [0.1, 0.15) is 78.3 Å². The van der Waals surface area contributed by atoms with Crippen LogP contribution in [0.15, 0.2) is 36.8 Å². The van der Waals surface area contributed by atoms with Crippen molar-refractivity contribution < 1.29 is 77.6 Å². The van der Waals surface area contributed by atoms with Crippen LogP contribution in [0.4, 0.5) is 0 Å². The minimum atomic E-state index is -1.81. The van der Waals surface area contributed by atoms with Gasteiger partial charge < -0.3 is 89.4 Å². The average Bonchev–Trinajstić information content (AvgIpc) is 1.98. The minimum absolute atomic E-state index is 0.0197. The number of hydrogen-bond acceptors (Lipinski definition) is 21. The van der Waals surface area contributed by atoms with Gasteiger partial charge in [0.05, 0.1) is 19.5 Å².